The van der Waals surface area contributed by atoms with Crippen LogP contribution in [0.4, 0.5) is 10.1 Å². The number of anilines is 1. The highest BCUT2D eigenvalue weighted by molar-refractivity contribution is 6.17. The van der Waals surface area contributed by atoms with Gasteiger partial charge in [-0.05, 0) is 54.3 Å². The van der Waals surface area contributed by atoms with Crippen LogP contribution in [0.25, 0.3) is 10.8 Å². The summed E-state index contributed by atoms with van der Waals surface area (Å²) in [5.41, 5.74) is 5.43. The number of fused-ring (bicyclic) bond motifs is 1. The Kier molecular flexibility index (Phi) is 3.42. The van der Waals surface area contributed by atoms with Crippen molar-refractivity contribution >= 4 is 22.3 Å². The maximum Gasteiger partial charge on any atom is 0.166 e. The van der Waals surface area contributed by atoms with Gasteiger partial charge < -0.3 is 5.11 Å². The second-order valence-corrected chi connectivity index (χ2v) is 5.97. The van der Waals surface area contributed by atoms with Gasteiger partial charge >= 0.3 is 0 Å². The Morgan fingerprint density at radius 2 is 1.96 bits per heavy atom. The van der Waals surface area contributed by atoms with Crippen LogP contribution < -0.4 is 10.3 Å². The van der Waals surface area contributed by atoms with Crippen LogP contribution in [0.1, 0.15) is 11.1 Å². The highest BCUT2D eigenvalue weighted by Crippen LogP contribution is 2.33. The lowest BCUT2D eigenvalue weighted by Gasteiger charge is -2.23. The van der Waals surface area contributed by atoms with Crippen LogP contribution in [0.5, 0.6) is 5.75 Å². The number of hydrogen-bond acceptors (Lipinski definition) is 4. The second-order valence-electron chi connectivity index (χ2n) is 5.97. The van der Waals surface area contributed by atoms with Gasteiger partial charge in [-0.3, -0.25) is 10.3 Å². The molecule has 25 heavy (non-hydrogen) atoms. The first-order valence-electron chi connectivity index (χ1n) is 7.85. The Labute approximate surface area is 144 Å². The van der Waals surface area contributed by atoms with Crippen LogP contribution in [-0.2, 0) is 0 Å². The zero-order valence-corrected chi connectivity index (χ0v) is 13.6. The fraction of sp³-hybridized carbons (Fsp3) is 0.0500. The topological polar surface area (TPSA) is 47.9 Å². The molecule has 4 rings (SSSR count). The molecule has 124 valence electrons. The Hall–Kier alpha value is -3.34. The van der Waals surface area contributed by atoms with Crippen LogP contribution >= 0.6 is 0 Å². The molecule has 1 heterocycles. The molecule has 0 radical (unpaired) electrons. The van der Waals surface area contributed by atoms with Crippen molar-refractivity contribution in [2.24, 2.45) is 5.10 Å². The van der Waals surface area contributed by atoms with Crippen LogP contribution in [0, 0.1) is 12.7 Å². The van der Waals surface area contributed by atoms with Crippen molar-refractivity contribution in [1.82, 2.24) is 5.43 Å². The summed E-state index contributed by atoms with van der Waals surface area (Å²) in [6.07, 6.45) is 0. The Bertz CT molecular complexity index is 1040. The molecule has 0 aliphatic carbocycles. The van der Waals surface area contributed by atoms with E-state index in [1.54, 1.807) is 18.2 Å². The predicted molar refractivity (Wildman–Crippen MR) is 98.0 cm³/mol. The minimum Gasteiger partial charge on any atom is -0.508 e. The normalized spacial score (nSPS) is 13.9. The number of hydrogen-bond donors (Lipinski definition) is 2. The van der Waals surface area contributed by atoms with Gasteiger partial charge in [0.2, 0.25) is 0 Å². The first-order chi connectivity index (χ1) is 12.0. The number of nitrogens with one attached hydrogen (secondary N) is 1. The molecule has 1 aliphatic rings. The lowest BCUT2D eigenvalue weighted by Crippen LogP contribution is -2.28. The number of amidine groups is 1. The lowest BCUT2D eigenvalue weighted by atomic mass is 10.0. The van der Waals surface area contributed by atoms with Crippen molar-refractivity contribution in [1.29, 1.82) is 0 Å². The number of nitrogens with zero attached hydrogens (tertiary/aromatic N) is 2. The summed E-state index contributed by atoms with van der Waals surface area (Å²) in [5, 5.41) is 15.7. The molecule has 5 heteroatoms. The van der Waals surface area contributed by atoms with Gasteiger partial charge in [-0.2, -0.15) is 5.10 Å². The summed E-state index contributed by atoms with van der Waals surface area (Å²) in [6, 6.07) is 15.6. The molecule has 3 aromatic carbocycles. The summed E-state index contributed by atoms with van der Waals surface area (Å²) in [5.74, 6) is 1.14. The fourth-order valence-electron chi connectivity index (χ4n) is 3.11. The third-order valence-corrected chi connectivity index (χ3v) is 4.29. The SMILES string of the molecule is C=C1NN=C(c2ccc(O)cc2C)N1c1cccc2ccc(F)cc12. The van der Waals surface area contributed by atoms with Crippen molar-refractivity contribution < 1.29 is 9.50 Å². The van der Waals surface area contributed by atoms with Gasteiger partial charge in [0, 0.05) is 10.9 Å². The van der Waals surface area contributed by atoms with E-state index in [0.717, 1.165) is 27.6 Å². The van der Waals surface area contributed by atoms with E-state index in [-0.39, 0.29) is 11.6 Å². The molecule has 0 fully saturated rings. The molecule has 0 aromatic heterocycles. The lowest BCUT2D eigenvalue weighted by molar-refractivity contribution is 0.475. The molecular formula is C20H16FN3O. The first kappa shape index (κ1) is 15.2. The van der Waals surface area contributed by atoms with Crippen molar-refractivity contribution in [3.8, 4) is 5.75 Å². The Morgan fingerprint density at radius 3 is 2.76 bits per heavy atom. The summed E-state index contributed by atoms with van der Waals surface area (Å²) in [6.45, 7) is 5.92. The predicted octanol–water partition coefficient (Wildman–Crippen LogP) is 4.24. The van der Waals surface area contributed by atoms with Crippen molar-refractivity contribution in [2.75, 3.05) is 4.90 Å². The number of benzene rings is 3. The average molecular weight is 333 g/mol. The van der Waals surface area contributed by atoms with E-state index in [2.05, 4.69) is 17.1 Å². The minimum absolute atomic E-state index is 0.199. The summed E-state index contributed by atoms with van der Waals surface area (Å²) < 4.78 is 13.8. The number of phenolic OH excluding ortho intramolecular Hbond substituents is 1. The monoisotopic (exact) mass is 333 g/mol. The maximum absolute atomic E-state index is 13.8. The van der Waals surface area contributed by atoms with Crippen LogP contribution in [0.2, 0.25) is 0 Å². The third-order valence-electron chi connectivity index (χ3n) is 4.29. The third kappa shape index (κ3) is 2.50. The van der Waals surface area contributed by atoms with Gasteiger partial charge in [0.25, 0.3) is 0 Å². The molecule has 4 nitrogen and oxygen atoms in total. The van der Waals surface area contributed by atoms with Gasteiger partial charge in [-0.15, -0.1) is 0 Å². The number of hydrazone groups is 1. The highest BCUT2D eigenvalue weighted by Gasteiger charge is 2.26. The molecule has 0 saturated carbocycles. The Morgan fingerprint density at radius 1 is 1.12 bits per heavy atom. The van der Waals surface area contributed by atoms with Gasteiger partial charge in [-0.1, -0.05) is 24.8 Å². The number of phenols is 1. The molecule has 2 N–H and O–H groups in total. The second kappa shape index (κ2) is 5.63. The van der Waals surface area contributed by atoms with Crippen LogP contribution in [-0.4, -0.2) is 10.9 Å². The van der Waals surface area contributed by atoms with Crippen molar-refractivity contribution in [3.05, 3.63) is 83.9 Å². The minimum atomic E-state index is -0.294. The molecule has 0 saturated heterocycles. The van der Waals surface area contributed by atoms with E-state index >= 15 is 0 Å². The molecular weight excluding hydrogens is 317 g/mol. The molecule has 0 unspecified atom stereocenters. The molecule has 1 aliphatic heterocycles. The summed E-state index contributed by atoms with van der Waals surface area (Å²) >= 11 is 0. The van der Waals surface area contributed by atoms with E-state index in [1.807, 2.05) is 36.1 Å². The van der Waals surface area contributed by atoms with Crippen molar-refractivity contribution in [3.63, 3.8) is 0 Å². The first-order valence-corrected chi connectivity index (χ1v) is 7.85. The zero-order chi connectivity index (χ0) is 17.6. The van der Waals surface area contributed by atoms with E-state index in [9.17, 15) is 9.50 Å². The highest BCUT2D eigenvalue weighted by atomic mass is 19.1. The van der Waals surface area contributed by atoms with Gasteiger partial charge in [-0.25, -0.2) is 4.39 Å². The van der Waals surface area contributed by atoms with E-state index in [0.29, 0.717) is 11.7 Å². The van der Waals surface area contributed by atoms with E-state index in [4.69, 9.17) is 0 Å². The molecule has 0 amide bonds. The average Bonchev–Trinajstić information content (AvgIpc) is 2.95. The number of aryl methyl sites for hydroxylation is 1. The molecule has 0 spiro atoms. The maximum atomic E-state index is 13.8. The Balaban J connectivity index is 1.90. The van der Waals surface area contributed by atoms with E-state index < -0.39 is 0 Å². The summed E-state index contributed by atoms with van der Waals surface area (Å²) in [7, 11) is 0. The number of rotatable bonds is 2. The van der Waals surface area contributed by atoms with Crippen LogP contribution in [0.3, 0.4) is 0 Å². The standard InChI is InChI=1S/C20H16FN3O/c1-12-10-16(25)8-9-17(12)20-23-22-13(2)24(20)19-5-3-4-14-6-7-15(21)11-18(14)19/h3-11,22,25H,2H2,1H3. The van der Waals surface area contributed by atoms with Gasteiger partial charge in [0.05, 0.1) is 5.69 Å². The number of halogens is 1. The van der Waals surface area contributed by atoms with Crippen molar-refractivity contribution in [2.45, 2.75) is 6.92 Å². The largest absolute Gasteiger partial charge is 0.508 e. The molecule has 0 atom stereocenters. The fourth-order valence-corrected chi connectivity index (χ4v) is 3.11. The molecule has 3 aromatic rings. The van der Waals surface area contributed by atoms with Gasteiger partial charge in [0.1, 0.15) is 17.4 Å². The van der Waals surface area contributed by atoms with Gasteiger partial charge in [0.15, 0.2) is 5.84 Å². The quantitative estimate of drug-likeness (QED) is 0.737. The summed E-state index contributed by atoms with van der Waals surface area (Å²) in [4.78, 5) is 1.86. The zero-order valence-electron chi connectivity index (χ0n) is 13.6. The molecule has 0 bridgehead atoms. The van der Waals surface area contributed by atoms with E-state index in [1.165, 1.54) is 12.1 Å². The smallest absolute Gasteiger partial charge is 0.166 e. The number of aromatic hydroxyl groups is 1. The van der Waals surface area contributed by atoms with Crippen LogP contribution in [0.15, 0.2) is 72.1 Å².